The average molecular weight is 173 g/mol. The Bertz CT molecular complexity index is 8.00. The van der Waals surface area contributed by atoms with Crippen molar-refractivity contribution in [2.24, 2.45) is 0 Å². The van der Waals surface area contributed by atoms with Crippen molar-refractivity contribution >= 4 is 26.2 Å². The molecule has 24 valence electrons. The molecule has 0 atom stereocenters. The van der Waals surface area contributed by atoms with E-state index >= 15 is 0 Å². The minimum absolute atomic E-state index is 0. The van der Waals surface area contributed by atoms with Gasteiger partial charge in [0.25, 0.3) is 0 Å². The van der Waals surface area contributed by atoms with Gasteiger partial charge < -0.3 is 0 Å². The standard InChI is InChI=1S/CH5BrSi.Ti/c2-1-3;/h1H2,3H3;. The van der Waals surface area contributed by atoms with Crippen molar-refractivity contribution in [3.8, 4) is 0 Å². The van der Waals surface area contributed by atoms with Crippen molar-refractivity contribution in [1.29, 1.82) is 0 Å². The summed E-state index contributed by atoms with van der Waals surface area (Å²) in [5.41, 5.74) is 0. The molecule has 0 amide bonds. The van der Waals surface area contributed by atoms with Crippen LogP contribution in [0, 0.1) is 0 Å². The van der Waals surface area contributed by atoms with E-state index in [-0.39, 0.29) is 21.7 Å². The van der Waals surface area contributed by atoms with Crippen LogP contribution in [0.15, 0.2) is 0 Å². The van der Waals surface area contributed by atoms with Crippen molar-refractivity contribution in [2.75, 3.05) is 4.95 Å². The van der Waals surface area contributed by atoms with Crippen LogP contribution in [0.3, 0.4) is 0 Å². The fourth-order valence-electron chi connectivity index (χ4n) is 0. The molecule has 0 aliphatic carbocycles. The zero-order chi connectivity index (χ0) is 2.71. The van der Waals surface area contributed by atoms with E-state index in [1.165, 1.54) is 15.2 Å². The Hall–Kier alpha value is 1.41. The molecular formula is CH5BrSiTi. The van der Waals surface area contributed by atoms with Gasteiger partial charge in [-0.05, 0) is 4.95 Å². The number of halogens is 1. The normalized spacial score (nSPS) is 5.25. The molecule has 0 saturated heterocycles. The Morgan fingerprint density at radius 2 is 1.75 bits per heavy atom. The molecule has 0 aliphatic heterocycles. The molecule has 0 nitrogen and oxygen atoms in total. The topological polar surface area (TPSA) is 0 Å². The first-order valence-electron chi connectivity index (χ1n) is 0.974. The smallest absolute Gasteiger partial charge is 0.0161 e. The van der Waals surface area contributed by atoms with Crippen molar-refractivity contribution < 1.29 is 21.7 Å². The Morgan fingerprint density at radius 1 is 1.75 bits per heavy atom. The van der Waals surface area contributed by atoms with Gasteiger partial charge in [0.2, 0.25) is 0 Å². The van der Waals surface area contributed by atoms with Crippen LogP contribution in [0.2, 0.25) is 0 Å². The number of rotatable bonds is 0. The summed E-state index contributed by atoms with van der Waals surface area (Å²) >= 11 is 3.21. The van der Waals surface area contributed by atoms with Crippen molar-refractivity contribution in [3.05, 3.63) is 0 Å². The Balaban J connectivity index is 0. The summed E-state index contributed by atoms with van der Waals surface area (Å²) in [6.45, 7) is 0. The molecule has 0 aliphatic rings. The summed E-state index contributed by atoms with van der Waals surface area (Å²) in [4.78, 5) is 1.20. The number of alkyl halides is 1. The van der Waals surface area contributed by atoms with Crippen LogP contribution in [0.4, 0.5) is 0 Å². The van der Waals surface area contributed by atoms with Crippen LogP contribution in [-0.2, 0) is 21.7 Å². The summed E-state index contributed by atoms with van der Waals surface area (Å²) in [5, 5.41) is 0. The average Bonchev–Trinajstić information content (AvgIpc) is 0.918. The zero-order valence-corrected chi connectivity index (χ0v) is 7.73. The Kier molecular flexibility index (Phi) is 20.0. The van der Waals surface area contributed by atoms with Gasteiger partial charge in [-0.25, -0.2) is 0 Å². The summed E-state index contributed by atoms with van der Waals surface area (Å²) in [5.74, 6) is 0. The largest absolute Gasteiger partial charge is 0.0973 e. The summed E-state index contributed by atoms with van der Waals surface area (Å²) in [6, 6.07) is 0. The molecule has 0 bridgehead atoms. The molecule has 0 aromatic carbocycles. The third-order valence-electron chi connectivity index (χ3n) is 0. The maximum Gasteiger partial charge on any atom is 0.0161 e. The van der Waals surface area contributed by atoms with Gasteiger partial charge in [-0.1, -0.05) is 15.9 Å². The zero-order valence-electron chi connectivity index (χ0n) is 2.59. The van der Waals surface area contributed by atoms with Gasteiger partial charge >= 0.3 is 0 Å². The molecular weight excluding hydrogens is 168 g/mol. The van der Waals surface area contributed by atoms with Gasteiger partial charge in [-0.15, -0.1) is 0 Å². The molecule has 0 heterocycles. The third-order valence-corrected chi connectivity index (χ3v) is 0. The minimum atomic E-state index is 0. The number of hydrogen-bond acceptors (Lipinski definition) is 0. The van der Waals surface area contributed by atoms with Gasteiger partial charge in [0.05, 0.1) is 0 Å². The fraction of sp³-hybridized carbons (Fsp3) is 1.00. The molecule has 0 unspecified atom stereocenters. The van der Waals surface area contributed by atoms with E-state index in [2.05, 4.69) is 15.9 Å². The molecule has 0 radical (unpaired) electrons. The van der Waals surface area contributed by atoms with Gasteiger partial charge in [0.15, 0.2) is 0 Å². The van der Waals surface area contributed by atoms with Crippen LogP contribution in [-0.4, -0.2) is 15.2 Å². The second-order valence-electron chi connectivity index (χ2n) is 0.267. The first kappa shape index (κ1) is 9.05. The van der Waals surface area contributed by atoms with Gasteiger partial charge in [-0.3, -0.25) is 0 Å². The SMILES string of the molecule is [SiH3]CBr.[Ti]. The predicted molar refractivity (Wildman–Crippen MR) is 23.7 cm³/mol. The van der Waals surface area contributed by atoms with Gasteiger partial charge in [0.1, 0.15) is 0 Å². The molecule has 0 rings (SSSR count). The molecule has 0 fully saturated rings. The van der Waals surface area contributed by atoms with E-state index in [1.54, 1.807) is 0 Å². The van der Waals surface area contributed by atoms with Crippen LogP contribution >= 0.6 is 15.9 Å². The van der Waals surface area contributed by atoms with Crippen LogP contribution in [0.5, 0.6) is 0 Å². The fourth-order valence-corrected chi connectivity index (χ4v) is 0. The van der Waals surface area contributed by atoms with Gasteiger partial charge in [-0.2, -0.15) is 0 Å². The van der Waals surface area contributed by atoms with Crippen LogP contribution in [0.1, 0.15) is 0 Å². The Labute approximate surface area is 52.8 Å². The monoisotopic (exact) mass is 172 g/mol. The van der Waals surface area contributed by atoms with Crippen LogP contribution < -0.4 is 0 Å². The maximum atomic E-state index is 3.21. The maximum absolute atomic E-state index is 3.21. The van der Waals surface area contributed by atoms with Gasteiger partial charge in [0, 0.05) is 32.0 Å². The second kappa shape index (κ2) is 8.83. The Morgan fingerprint density at radius 3 is 1.75 bits per heavy atom. The number of hydrogen-bond donors (Lipinski definition) is 0. The van der Waals surface area contributed by atoms with E-state index in [4.69, 9.17) is 0 Å². The molecule has 0 saturated carbocycles. The first-order valence-corrected chi connectivity index (χ1v) is 3.51. The van der Waals surface area contributed by atoms with E-state index in [1.807, 2.05) is 0 Å². The summed E-state index contributed by atoms with van der Waals surface area (Å²) in [6.07, 6.45) is 0. The second-order valence-corrected chi connectivity index (χ2v) is 4.17. The first-order chi connectivity index (χ1) is 1.41. The molecule has 0 aromatic heterocycles. The minimum Gasteiger partial charge on any atom is -0.0973 e. The molecule has 3 heteroatoms. The van der Waals surface area contributed by atoms with Crippen molar-refractivity contribution in [3.63, 3.8) is 0 Å². The van der Waals surface area contributed by atoms with E-state index in [9.17, 15) is 0 Å². The third kappa shape index (κ3) is 9.96. The van der Waals surface area contributed by atoms with E-state index in [0.29, 0.717) is 0 Å². The van der Waals surface area contributed by atoms with E-state index in [0.717, 1.165) is 0 Å². The molecule has 4 heavy (non-hydrogen) atoms. The molecule has 0 aromatic rings. The van der Waals surface area contributed by atoms with Crippen molar-refractivity contribution in [2.45, 2.75) is 0 Å². The predicted octanol–water partition coefficient (Wildman–Crippen LogP) is -0.298. The quantitative estimate of drug-likeness (QED) is 0.348. The summed E-state index contributed by atoms with van der Waals surface area (Å²) < 4.78 is 0. The molecule has 0 spiro atoms. The van der Waals surface area contributed by atoms with Crippen LogP contribution in [0.25, 0.3) is 0 Å². The molecule has 0 N–H and O–H groups in total. The summed E-state index contributed by atoms with van der Waals surface area (Å²) in [7, 11) is 1.29. The van der Waals surface area contributed by atoms with E-state index < -0.39 is 0 Å². The van der Waals surface area contributed by atoms with Crippen molar-refractivity contribution in [1.82, 2.24) is 0 Å².